The number of hydrogen-bond donors (Lipinski definition) is 3. The van der Waals surface area contributed by atoms with Gasteiger partial charge in [-0.3, -0.25) is 9.59 Å². The number of carboxylic acid groups (broad SMARTS) is 1. The lowest BCUT2D eigenvalue weighted by molar-refractivity contribution is -0.105. The fraction of sp³-hybridized carbons (Fsp3) is 0.0588. The molecule has 8 nitrogen and oxygen atoms in total. The Bertz CT molecular complexity index is 976. The number of furan rings is 1. The van der Waals surface area contributed by atoms with E-state index in [1.807, 2.05) is 6.92 Å². The summed E-state index contributed by atoms with van der Waals surface area (Å²) in [5.41, 5.74) is 1.01. The number of fused-ring (bicyclic) bond motifs is 1. The molecule has 3 aromatic rings. The van der Waals surface area contributed by atoms with E-state index in [4.69, 9.17) is 4.42 Å². The largest absolute Gasteiger partial charge is 0.478 e. The number of nitrogens with zero attached hydrogens (tertiary/aromatic N) is 1. The zero-order valence-electron chi connectivity index (χ0n) is 13.1. The molecule has 0 fully saturated rings. The van der Waals surface area contributed by atoms with E-state index in [-0.39, 0.29) is 28.0 Å². The number of amides is 2. The molecular weight excluding hydrogens is 326 g/mol. The van der Waals surface area contributed by atoms with Gasteiger partial charge in [-0.15, -0.1) is 0 Å². The predicted molar refractivity (Wildman–Crippen MR) is 89.8 cm³/mol. The number of carbonyl (C=O) groups excluding carboxylic acids is 2. The number of anilines is 2. The maximum absolute atomic E-state index is 12.5. The number of carbonyl (C=O) groups is 3. The highest BCUT2D eigenvalue weighted by molar-refractivity contribution is 6.17. The van der Waals surface area contributed by atoms with Crippen LogP contribution in [0.25, 0.3) is 11.0 Å². The fourth-order valence-electron chi connectivity index (χ4n) is 2.40. The molecule has 0 unspecified atom stereocenters. The number of rotatable bonds is 5. The molecule has 1 aromatic carbocycles. The average Bonchev–Trinajstić information content (AvgIpc) is 2.96. The van der Waals surface area contributed by atoms with Crippen LogP contribution in [0.3, 0.4) is 0 Å². The maximum Gasteiger partial charge on any atom is 0.336 e. The second-order valence-electron chi connectivity index (χ2n) is 5.23. The zero-order valence-corrected chi connectivity index (χ0v) is 13.1. The Kier molecular flexibility index (Phi) is 4.17. The molecule has 25 heavy (non-hydrogen) atoms. The number of aryl methyl sites for hydroxylation is 1. The molecule has 126 valence electrons. The topological polar surface area (TPSA) is 122 Å². The van der Waals surface area contributed by atoms with Gasteiger partial charge in [-0.05, 0) is 30.7 Å². The Morgan fingerprint density at radius 2 is 2.04 bits per heavy atom. The van der Waals surface area contributed by atoms with Gasteiger partial charge in [0.1, 0.15) is 17.1 Å². The summed E-state index contributed by atoms with van der Waals surface area (Å²) in [5.74, 6) is -1.77. The van der Waals surface area contributed by atoms with Crippen LogP contribution < -0.4 is 10.6 Å². The van der Waals surface area contributed by atoms with E-state index < -0.39 is 11.9 Å². The van der Waals surface area contributed by atoms with Gasteiger partial charge in [0.05, 0.1) is 10.9 Å². The normalized spacial score (nSPS) is 10.4. The molecule has 0 spiro atoms. The minimum atomic E-state index is -1.20. The van der Waals surface area contributed by atoms with Crippen LogP contribution >= 0.6 is 0 Å². The van der Waals surface area contributed by atoms with Crippen molar-refractivity contribution in [1.82, 2.24) is 4.98 Å². The lowest BCUT2D eigenvalue weighted by Gasteiger charge is -2.04. The van der Waals surface area contributed by atoms with E-state index in [0.717, 1.165) is 5.56 Å². The molecule has 8 heteroatoms. The van der Waals surface area contributed by atoms with Gasteiger partial charge < -0.3 is 20.2 Å². The Labute approximate surface area is 141 Å². The highest BCUT2D eigenvalue weighted by atomic mass is 16.4. The Hall–Kier alpha value is -3.68. The standard InChI is InChI=1S/C17H13N3O5/c1-9-5-6-12(18-7-9)20-16(22)15-14(19-8-21)13-10(17(23)24)3-2-4-11(13)25-15/h2-8H,1H3,(H,19,21)(H,23,24)(H,18,20,22). The number of benzene rings is 1. The summed E-state index contributed by atoms with van der Waals surface area (Å²) in [5, 5.41) is 14.4. The molecule has 0 aliphatic carbocycles. The molecule has 2 aromatic heterocycles. The summed E-state index contributed by atoms with van der Waals surface area (Å²) < 4.78 is 5.48. The van der Waals surface area contributed by atoms with E-state index >= 15 is 0 Å². The summed E-state index contributed by atoms with van der Waals surface area (Å²) in [6.45, 7) is 1.86. The SMILES string of the molecule is Cc1ccc(NC(=O)c2oc3cccc(C(=O)O)c3c2NC=O)nc1. The Morgan fingerprint density at radius 3 is 2.68 bits per heavy atom. The van der Waals surface area contributed by atoms with Gasteiger partial charge in [0.25, 0.3) is 5.91 Å². The molecule has 2 amide bonds. The third kappa shape index (κ3) is 3.05. The number of aromatic nitrogens is 1. The van der Waals surface area contributed by atoms with Crippen LogP contribution in [-0.2, 0) is 4.79 Å². The van der Waals surface area contributed by atoms with E-state index in [9.17, 15) is 19.5 Å². The number of hydrogen-bond acceptors (Lipinski definition) is 5. The van der Waals surface area contributed by atoms with Crippen LogP contribution in [0, 0.1) is 6.92 Å². The summed E-state index contributed by atoms with van der Waals surface area (Å²) in [6.07, 6.45) is 1.94. The van der Waals surface area contributed by atoms with E-state index in [1.165, 1.54) is 18.2 Å². The summed E-state index contributed by atoms with van der Waals surface area (Å²) in [6, 6.07) is 7.75. The van der Waals surface area contributed by atoms with Crippen LogP contribution in [0.2, 0.25) is 0 Å². The smallest absolute Gasteiger partial charge is 0.336 e. The highest BCUT2D eigenvalue weighted by Crippen LogP contribution is 2.34. The third-order valence-electron chi connectivity index (χ3n) is 3.51. The van der Waals surface area contributed by atoms with Crippen LogP contribution in [0.15, 0.2) is 40.9 Å². The lowest BCUT2D eigenvalue weighted by Crippen LogP contribution is -2.14. The van der Waals surface area contributed by atoms with Gasteiger partial charge in [-0.1, -0.05) is 12.1 Å². The van der Waals surface area contributed by atoms with Crippen LogP contribution in [0.1, 0.15) is 26.5 Å². The number of aromatic carboxylic acids is 1. The lowest BCUT2D eigenvalue weighted by atomic mass is 10.1. The van der Waals surface area contributed by atoms with Gasteiger partial charge in [0.15, 0.2) is 0 Å². The predicted octanol–water partition coefficient (Wildman–Crippen LogP) is 2.66. The molecule has 3 rings (SSSR count). The molecular formula is C17H13N3O5. The minimum Gasteiger partial charge on any atom is -0.478 e. The van der Waals surface area contributed by atoms with E-state index in [1.54, 1.807) is 18.3 Å². The second kappa shape index (κ2) is 6.44. The molecule has 0 aliphatic rings. The van der Waals surface area contributed by atoms with Crippen LogP contribution in [0.5, 0.6) is 0 Å². The van der Waals surface area contributed by atoms with Crippen molar-refractivity contribution >= 4 is 40.8 Å². The van der Waals surface area contributed by atoms with Crippen molar-refractivity contribution in [2.24, 2.45) is 0 Å². The van der Waals surface area contributed by atoms with E-state index in [2.05, 4.69) is 15.6 Å². The molecule has 0 saturated carbocycles. The average molecular weight is 339 g/mol. The molecule has 2 heterocycles. The van der Waals surface area contributed by atoms with Crippen LogP contribution in [-0.4, -0.2) is 28.4 Å². The zero-order chi connectivity index (χ0) is 18.0. The third-order valence-corrected chi connectivity index (χ3v) is 3.51. The second-order valence-corrected chi connectivity index (χ2v) is 5.23. The first-order chi connectivity index (χ1) is 12.0. The maximum atomic E-state index is 12.5. The fourth-order valence-corrected chi connectivity index (χ4v) is 2.40. The van der Waals surface area contributed by atoms with Crippen LogP contribution in [0.4, 0.5) is 11.5 Å². The number of carboxylic acids is 1. The molecule has 0 aliphatic heterocycles. The van der Waals surface area contributed by atoms with Crippen molar-refractivity contribution in [1.29, 1.82) is 0 Å². The first kappa shape index (κ1) is 16.2. The monoisotopic (exact) mass is 339 g/mol. The van der Waals surface area contributed by atoms with Crippen molar-refractivity contribution in [3.63, 3.8) is 0 Å². The summed E-state index contributed by atoms with van der Waals surface area (Å²) in [4.78, 5) is 38.9. The van der Waals surface area contributed by atoms with Crippen molar-refractivity contribution in [2.45, 2.75) is 6.92 Å². The van der Waals surface area contributed by atoms with E-state index in [0.29, 0.717) is 12.2 Å². The van der Waals surface area contributed by atoms with Crippen molar-refractivity contribution < 1.29 is 23.9 Å². The van der Waals surface area contributed by atoms with Gasteiger partial charge in [-0.25, -0.2) is 9.78 Å². The van der Waals surface area contributed by atoms with Gasteiger partial charge in [-0.2, -0.15) is 0 Å². The Morgan fingerprint density at radius 1 is 1.24 bits per heavy atom. The molecule has 0 bridgehead atoms. The first-order valence-electron chi connectivity index (χ1n) is 7.24. The summed E-state index contributed by atoms with van der Waals surface area (Å²) in [7, 11) is 0. The van der Waals surface area contributed by atoms with Crippen molar-refractivity contribution in [2.75, 3.05) is 10.6 Å². The molecule has 0 saturated heterocycles. The van der Waals surface area contributed by atoms with Gasteiger partial charge >= 0.3 is 5.97 Å². The van der Waals surface area contributed by atoms with Crippen molar-refractivity contribution in [3.05, 3.63) is 53.4 Å². The minimum absolute atomic E-state index is 0.00684. The first-order valence-corrected chi connectivity index (χ1v) is 7.24. The van der Waals surface area contributed by atoms with Gasteiger partial charge in [0.2, 0.25) is 12.2 Å². The Balaban J connectivity index is 2.08. The summed E-state index contributed by atoms with van der Waals surface area (Å²) >= 11 is 0. The van der Waals surface area contributed by atoms with Gasteiger partial charge in [0, 0.05) is 6.20 Å². The molecule has 0 atom stereocenters. The van der Waals surface area contributed by atoms with Crippen molar-refractivity contribution in [3.8, 4) is 0 Å². The number of pyridine rings is 1. The quantitative estimate of drug-likeness (QED) is 0.614. The molecule has 0 radical (unpaired) electrons. The molecule has 3 N–H and O–H groups in total. The number of nitrogens with one attached hydrogen (secondary N) is 2. The highest BCUT2D eigenvalue weighted by Gasteiger charge is 2.24.